The molecule has 0 radical (unpaired) electrons. The van der Waals surface area contributed by atoms with Gasteiger partial charge in [0.25, 0.3) is 3.79 Å². The lowest BCUT2D eigenvalue weighted by Gasteiger charge is -2.50. The van der Waals surface area contributed by atoms with E-state index >= 15 is 4.79 Å². The fraction of sp³-hybridized carbons (Fsp3) is 0.352. The first-order valence-corrected chi connectivity index (χ1v) is 32.4. The second-order valence-corrected chi connectivity index (χ2v) is 25.0. The van der Waals surface area contributed by atoms with E-state index in [2.05, 4.69) is 20.1 Å². The molecule has 3 aliphatic rings. The van der Waals surface area contributed by atoms with Gasteiger partial charge in [-0.2, -0.15) is 0 Å². The molecule has 25 nitrogen and oxygen atoms in total. The molecule has 6 unspecified atom stereocenters. The topological polar surface area (TPSA) is 311 Å². The van der Waals surface area contributed by atoms with Crippen LogP contribution in [0.5, 0.6) is 5.75 Å². The highest BCUT2D eigenvalue weighted by Gasteiger charge is 2.59. The van der Waals surface area contributed by atoms with E-state index in [0.717, 1.165) is 18.2 Å². The second kappa shape index (κ2) is 36.4. The molecule has 0 bridgehead atoms. The zero-order valence-electron chi connectivity index (χ0n) is 53.4. The number of rotatable bonds is 30. The average Bonchev–Trinajstić information content (AvgIpc) is 0.765. The molecule has 0 saturated carbocycles. The molecule has 0 amide bonds. The predicted molar refractivity (Wildman–Crippen MR) is 358 cm³/mol. The molecule has 7 aromatic carbocycles. The smallest absolute Gasteiger partial charge is 0.338 e. The lowest BCUT2D eigenvalue weighted by atomic mass is 9.94. The Morgan fingerprint density at radius 3 is 1.39 bits per heavy atom. The second-order valence-electron chi connectivity index (χ2n) is 22.7. The lowest BCUT2D eigenvalue weighted by molar-refractivity contribution is -0.370. The van der Waals surface area contributed by atoms with E-state index in [1.54, 1.807) is 121 Å². The van der Waals surface area contributed by atoms with Crippen molar-refractivity contribution in [1.82, 2.24) is 0 Å². The fourth-order valence-electron chi connectivity index (χ4n) is 11.2. The van der Waals surface area contributed by atoms with Crippen LogP contribution >= 0.6 is 34.8 Å². The number of nitrogens with zero attached hydrogens (tertiary/aromatic N) is 6. The van der Waals surface area contributed by atoms with E-state index < -0.39 is 133 Å². The van der Waals surface area contributed by atoms with Crippen LogP contribution < -0.4 is 4.74 Å². The summed E-state index contributed by atoms with van der Waals surface area (Å²) in [5, 5.41) is 17.0. The quantitative estimate of drug-likeness (QED) is 0.00639. The molecule has 0 aliphatic carbocycles. The number of methoxy groups -OCH3 is 2. The van der Waals surface area contributed by atoms with Gasteiger partial charge in [-0.1, -0.05) is 215 Å². The largest absolute Gasteiger partial charge is 0.497 e. The van der Waals surface area contributed by atoms with Crippen LogP contribution in [0.15, 0.2) is 216 Å². The highest BCUT2D eigenvalue weighted by molar-refractivity contribution is 6.76. The Morgan fingerprint density at radius 1 is 0.465 bits per heavy atom. The zero-order chi connectivity index (χ0) is 69.5. The summed E-state index contributed by atoms with van der Waals surface area (Å²) < 4.78 is 95.2. The van der Waals surface area contributed by atoms with Gasteiger partial charge in [0, 0.05) is 9.82 Å². The highest BCUT2D eigenvalue weighted by Crippen LogP contribution is 2.40. The van der Waals surface area contributed by atoms with Crippen molar-refractivity contribution in [2.75, 3.05) is 27.4 Å². The van der Waals surface area contributed by atoms with Gasteiger partial charge in [-0.15, -0.1) is 0 Å². The van der Waals surface area contributed by atoms with Gasteiger partial charge in [-0.05, 0) is 75.3 Å². The van der Waals surface area contributed by atoms with Gasteiger partial charge < -0.3 is 71.1 Å². The number of carbonyl (C=O) groups is 3. The maximum Gasteiger partial charge on any atom is 0.338 e. The van der Waals surface area contributed by atoms with E-state index in [4.69, 9.17) is 111 Å². The molecule has 0 aromatic heterocycles. The van der Waals surface area contributed by atoms with Gasteiger partial charge in [0.15, 0.2) is 18.7 Å². The zero-order valence-corrected chi connectivity index (χ0v) is 55.7. The Labute approximate surface area is 584 Å². The first-order chi connectivity index (χ1) is 48.2. The number of ether oxygens (including phenoxy) is 15. The van der Waals surface area contributed by atoms with Crippen LogP contribution in [0.1, 0.15) is 48.5 Å². The summed E-state index contributed by atoms with van der Waals surface area (Å²) >= 11 is 18.5. The Balaban J connectivity index is 1.10. The first-order valence-electron chi connectivity index (χ1n) is 31.3. The van der Waals surface area contributed by atoms with Gasteiger partial charge >= 0.3 is 17.9 Å². The Hall–Kier alpha value is -8.69. The van der Waals surface area contributed by atoms with Gasteiger partial charge in [0.1, 0.15) is 79.4 Å². The molecule has 518 valence electrons. The molecule has 3 aliphatic heterocycles. The first kappa shape index (κ1) is 73.0. The van der Waals surface area contributed by atoms with Gasteiger partial charge in [-0.3, -0.25) is 5.41 Å². The van der Waals surface area contributed by atoms with Crippen LogP contribution in [0.4, 0.5) is 0 Å². The monoisotopic (exact) mass is 1410 g/mol. The molecule has 7 aromatic rings. The van der Waals surface area contributed by atoms with Gasteiger partial charge in [-0.25, -0.2) is 14.4 Å². The minimum atomic E-state index is -2.49. The van der Waals surface area contributed by atoms with Crippen molar-refractivity contribution in [1.29, 1.82) is 5.41 Å². The third kappa shape index (κ3) is 20.0. The molecular formula is C71H70Cl3N7O18. The molecule has 3 heterocycles. The molecule has 0 spiro atoms. The maximum atomic E-state index is 15.0. The van der Waals surface area contributed by atoms with Crippen LogP contribution in [-0.2, 0) is 104 Å². The van der Waals surface area contributed by atoms with Crippen molar-refractivity contribution in [2.24, 2.45) is 10.2 Å². The van der Waals surface area contributed by atoms with Crippen molar-refractivity contribution < 1.29 is 85.4 Å². The van der Waals surface area contributed by atoms with Crippen molar-refractivity contribution in [2.45, 2.75) is 129 Å². The summed E-state index contributed by atoms with van der Waals surface area (Å²) in [6.07, 6.45) is -20.9. The van der Waals surface area contributed by atoms with E-state index in [0.29, 0.717) is 22.4 Å². The number of hydrogen-bond donors (Lipinski definition) is 1. The number of hydrogen-bond acceptors (Lipinski definition) is 21. The van der Waals surface area contributed by atoms with Crippen LogP contribution in [0, 0.1) is 5.41 Å². The molecule has 28 heteroatoms. The molecular weight excluding hydrogens is 1350 g/mol. The minimum absolute atomic E-state index is 0.0141. The van der Waals surface area contributed by atoms with Crippen molar-refractivity contribution in [3.05, 3.63) is 266 Å². The summed E-state index contributed by atoms with van der Waals surface area (Å²) in [6, 6.07) is 56.3. The number of nitrogens with one attached hydrogen (secondary N) is 1. The van der Waals surface area contributed by atoms with Crippen molar-refractivity contribution >= 4 is 58.6 Å². The molecule has 10 rings (SSSR count). The summed E-state index contributed by atoms with van der Waals surface area (Å²) in [5.41, 5.74) is 24.6. The third-order valence-electron chi connectivity index (χ3n) is 16.1. The minimum Gasteiger partial charge on any atom is -0.497 e. The number of halogens is 3. The number of benzene rings is 7. The fourth-order valence-corrected chi connectivity index (χ4v) is 11.3. The van der Waals surface area contributed by atoms with E-state index in [1.807, 2.05) is 72.8 Å². The molecule has 99 heavy (non-hydrogen) atoms. The SMILES string of the molecule is COC(=O)C1O[C@@H](O[C@@H]2C(COCc3ccc(OC)cc3)O[C@@H](OC(=N)C(Cl)(Cl)Cl)C(N=[N+]=[N-])[C@H]2OC(=O)c2ccccc2)C(OCc2ccccc2)[C@@H](OCc2ccccc2)[C@@H]1O[C@@H]1OC(COC(=O)c2ccccc2)[C@@H](OCc2ccccc2)[C@H](OCc2ccccc2)C1N=[N+]=[N-]. The normalized spacial score (nSPS) is 25.1. The summed E-state index contributed by atoms with van der Waals surface area (Å²) in [4.78, 5) is 49.8. The van der Waals surface area contributed by atoms with Crippen LogP contribution in [-0.4, -0.2) is 147 Å². The maximum absolute atomic E-state index is 15.0. The van der Waals surface area contributed by atoms with Gasteiger partial charge in [0.05, 0.1) is 65.0 Å². The molecule has 3 fully saturated rings. The van der Waals surface area contributed by atoms with E-state index in [9.17, 15) is 20.7 Å². The average molecular weight is 1420 g/mol. The summed E-state index contributed by atoms with van der Waals surface area (Å²) in [7, 11) is 2.64. The molecule has 15 atom stereocenters. The van der Waals surface area contributed by atoms with Crippen molar-refractivity contribution in [3.8, 4) is 5.75 Å². The number of alkyl halides is 3. The lowest BCUT2D eigenvalue weighted by Crippen LogP contribution is -2.68. The van der Waals surface area contributed by atoms with Crippen LogP contribution in [0.2, 0.25) is 0 Å². The summed E-state index contributed by atoms with van der Waals surface area (Å²) in [6.45, 7) is -1.44. The third-order valence-corrected chi connectivity index (χ3v) is 16.6. The molecule has 3 saturated heterocycles. The summed E-state index contributed by atoms with van der Waals surface area (Å²) in [5.74, 6) is -3.11. The van der Waals surface area contributed by atoms with E-state index in [1.165, 1.54) is 19.2 Å². The standard InChI is InChI=1S/C71H70Cl3N7O18/c1-85-51-35-33-48(34-36-51)37-87-42-52-57(59(95-65(83)50-31-19-8-20-32-50)55(79-81-77)68(93-52)99-70(75)71(72,73)74)96-69-63(91-41-47-27-15-6-16-28-47)60(90-40-46-25-13-5-14-26-46)61(62(98-69)66(84)86-2)97-67-54(78-80-76)58(89-39-45-23-11-4-12-24-45)56(88-38-44-21-9-3-10-22-44)53(94-67)43-92-64(82)49-29-17-7-18-30-49/h3-36,52-63,67-69,75H,37-43H2,1-2H3/t52?,53?,54?,55?,56-,57-,58-,59-,60+,61+,62?,63?,67+,68+,69-/m1/s1. The van der Waals surface area contributed by atoms with Crippen LogP contribution in [0.3, 0.4) is 0 Å². The number of carbonyl (C=O) groups excluding carboxylic acids is 3. The number of esters is 3. The predicted octanol–water partition coefficient (Wildman–Crippen LogP) is 12.5. The Morgan fingerprint density at radius 2 is 0.899 bits per heavy atom. The van der Waals surface area contributed by atoms with Crippen molar-refractivity contribution in [3.63, 3.8) is 0 Å². The number of azide groups is 2. The highest BCUT2D eigenvalue weighted by atomic mass is 35.6. The Bertz CT molecular complexity index is 3800. The van der Waals surface area contributed by atoms with Gasteiger partial charge in [0.2, 0.25) is 12.2 Å². The van der Waals surface area contributed by atoms with E-state index in [-0.39, 0.29) is 44.2 Å². The molecule has 1 N–H and O–H groups in total. The van der Waals surface area contributed by atoms with Crippen LogP contribution in [0.25, 0.3) is 20.9 Å². The Kier molecular flexibility index (Phi) is 26.9.